The van der Waals surface area contributed by atoms with Crippen LogP contribution >= 0.6 is 0 Å². The molecule has 0 aromatic heterocycles. The van der Waals surface area contributed by atoms with Crippen molar-refractivity contribution in [3.8, 4) is 0 Å². The molecule has 3 rings (SSSR count). The van der Waals surface area contributed by atoms with E-state index in [-0.39, 0.29) is 11.6 Å². The lowest BCUT2D eigenvalue weighted by Gasteiger charge is -2.29. The van der Waals surface area contributed by atoms with E-state index in [1.807, 2.05) is 12.1 Å². The molecule has 0 aliphatic carbocycles. The van der Waals surface area contributed by atoms with E-state index >= 15 is 0 Å². The molecule has 0 unspecified atom stereocenters. The van der Waals surface area contributed by atoms with Crippen molar-refractivity contribution in [1.29, 1.82) is 0 Å². The molecule has 0 bridgehead atoms. The predicted octanol–water partition coefficient (Wildman–Crippen LogP) is 3.54. The summed E-state index contributed by atoms with van der Waals surface area (Å²) in [5.74, 6) is -0.604. The van der Waals surface area contributed by atoms with E-state index in [9.17, 15) is 14.0 Å². The first-order valence-electron chi connectivity index (χ1n) is 7.93. The molecule has 0 radical (unpaired) electrons. The number of amides is 3. The zero-order valence-electron chi connectivity index (χ0n) is 13.6. The average molecular weight is 339 g/mol. The summed E-state index contributed by atoms with van der Waals surface area (Å²) in [6, 6.07) is 11.0. The second kappa shape index (κ2) is 7.17. The molecule has 0 fully saturated rings. The third-order valence-electron chi connectivity index (χ3n) is 4.12. The van der Waals surface area contributed by atoms with Gasteiger partial charge in [-0.05, 0) is 41.8 Å². The number of para-hydroxylation sites is 1. The number of hydrogen-bond donors (Lipinski definition) is 2. The number of halogens is 1. The fourth-order valence-electron chi connectivity index (χ4n) is 2.88. The van der Waals surface area contributed by atoms with Crippen LogP contribution in [0.25, 0.3) is 0 Å². The topological polar surface area (TPSA) is 61.4 Å². The van der Waals surface area contributed by atoms with Crippen molar-refractivity contribution in [3.63, 3.8) is 0 Å². The number of nitrogens with one attached hydrogen (secondary N) is 2. The van der Waals surface area contributed by atoms with Crippen molar-refractivity contribution in [3.05, 3.63) is 72.1 Å². The molecule has 2 N–H and O–H groups in total. The van der Waals surface area contributed by atoms with Gasteiger partial charge in [-0.25, -0.2) is 9.18 Å². The maximum Gasteiger partial charge on any atom is 0.323 e. The summed E-state index contributed by atoms with van der Waals surface area (Å²) in [6.07, 6.45) is 1.93. The molecule has 0 atom stereocenters. The molecule has 6 heteroatoms. The summed E-state index contributed by atoms with van der Waals surface area (Å²) < 4.78 is 13.6. The Morgan fingerprint density at radius 3 is 2.56 bits per heavy atom. The standard InChI is InChI=1S/C19H18FN3O2/c1-2-18(24)23-11-10-14-13(12-23)6-5-9-16(14)21-19(25)22-17-8-4-3-7-15(17)20/h2-9H,1,10-12H2,(H2,21,22,25). The monoisotopic (exact) mass is 339 g/mol. The quantitative estimate of drug-likeness (QED) is 0.840. The minimum Gasteiger partial charge on any atom is -0.335 e. The van der Waals surface area contributed by atoms with Gasteiger partial charge in [0.25, 0.3) is 0 Å². The van der Waals surface area contributed by atoms with Gasteiger partial charge in [0.15, 0.2) is 0 Å². The summed E-state index contributed by atoms with van der Waals surface area (Å²) in [5, 5.41) is 5.26. The Morgan fingerprint density at radius 1 is 1.08 bits per heavy atom. The number of benzene rings is 2. The molecule has 1 heterocycles. The summed E-state index contributed by atoms with van der Waals surface area (Å²) in [7, 11) is 0. The van der Waals surface area contributed by atoms with Crippen LogP contribution in [0.15, 0.2) is 55.1 Å². The van der Waals surface area contributed by atoms with Crippen molar-refractivity contribution in [2.24, 2.45) is 0 Å². The molecule has 1 aliphatic rings. The first-order chi connectivity index (χ1) is 12.1. The number of carbonyl (C=O) groups is 2. The lowest BCUT2D eigenvalue weighted by molar-refractivity contribution is -0.126. The largest absolute Gasteiger partial charge is 0.335 e. The van der Waals surface area contributed by atoms with Crippen molar-refractivity contribution in [1.82, 2.24) is 4.90 Å². The predicted molar refractivity (Wildman–Crippen MR) is 94.8 cm³/mol. The average Bonchev–Trinajstić information content (AvgIpc) is 2.62. The Bertz CT molecular complexity index is 835. The van der Waals surface area contributed by atoms with Gasteiger partial charge in [0.05, 0.1) is 5.69 Å². The number of rotatable bonds is 3. The number of carbonyl (C=O) groups excluding carboxylic acids is 2. The molecule has 0 saturated carbocycles. The van der Waals surface area contributed by atoms with Gasteiger partial charge in [-0.2, -0.15) is 0 Å². The van der Waals surface area contributed by atoms with E-state index in [1.165, 1.54) is 18.2 Å². The third-order valence-corrected chi connectivity index (χ3v) is 4.12. The van der Waals surface area contributed by atoms with E-state index in [1.54, 1.807) is 23.1 Å². The molecule has 0 spiro atoms. The van der Waals surface area contributed by atoms with Crippen LogP contribution in [0.1, 0.15) is 11.1 Å². The maximum atomic E-state index is 13.6. The Kier molecular flexibility index (Phi) is 4.79. The molecule has 3 amide bonds. The summed E-state index contributed by atoms with van der Waals surface area (Å²) >= 11 is 0. The van der Waals surface area contributed by atoms with Crippen molar-refractivity contribution < 1.29 is 14.0 Å². The summed E-state index contributed by atoms with van der Waals surface area (Å²) in [5.41, 5.74) is 2.74. The van der Waals surface area contributed by atoms with Gasteiger partial charge in [-0.1, -0.05) is 30.8 Å². The van der Waals surface area contributed by atoms with E-state index in [4.69, 9.17) is 0 Å². The van der Waals surface area contributed by atoms with Crippen LogP contribution in [-0.4, -0.2) is 23.4 Å². The highest BCUT2D eigenvalue weighted by molar-refractivity contribution is 6.00. The van der Waals surface area contributed by atoms with Crippen LogP contribution in [0.2, 0.25) is 0 Å². The fraction of sp³-hybridized carbons (Fsp3) is 0.158. The van der Waals surface area contributed by atoms with Gasteiger partial charge >= 0.3 is 6.03 Å². The fourth-order valence-corrected chi connectivity index (χ4v) is 2.88. The molecule has 2 aromatic rings. The SMILES string of the molecule is C=CC(=O)N1CCc2c(cccc2NC(=O)Nc2ccccc2F)C1. The van der Waals surface area contributed by atoms with Crippen LogP contribution in [0, 0.1) is 5.82 Å². The van der Waals surface area contributed by atoms with Crippen LogP contribution in [-0.2, 0) is 17.8 Å². The first-order valence-corrected chi connectivity index (χ1v) is 7.93. The highest BCUT2D eigenvalue weighted by Gasteiger charge is 2.21. The lowest BCUT2D eigenvalue weighted by atomic mass is 9.97. The normalized spacial score (nSPS) is 12.9. The van der Waals surface area contributed by atoms with Crippen LogP contribution < -0.4 is 10.6 Å². The van der Waals surface area contributed by atoms with E-state index < -0.39 is 11.8 Å². The number of hydrogen-bond acceptors (Lipinski definition) is 2. The molecule has 5 nitrogen and oxygen atoms in total. The zero-order chi connectivity index (χ0) is 17.8. The smallest absolute Gasteiger partial charge is 0.323 e. The lowest BCUT2D eigenvalue weighted by Crippen LogP contribution is -2.35. The molecular formula is C19H18FN3O2. The minimum atomic E-state index is -0.511. The second-order valence-electron chi connectivity index (χ2n) is 5.72. The number of nitrogens with zero attached hydrogens (tertiary/aromatic N) is 1. The van der Waals surface area contributed by atoms with Crippen LogP contribution in [0.4, 0.5) is 20.6 Å². The van der Waals surface area contributed by atoms with Crippen LogP contribution in [0.5, 0.6) is 0 Å². The third kappa shape index (κ3) is 3.68. The maximum absolute atomic E-state index is 13.6. The molecule has 0 saturated heterocycles. The van der Waals surface area contributed by atoms with Gasteiger partial charge < -0.3 is 15.5 Å². The summed E-state index contributed by atoms with van der Waals surface area (Å²) in [4.78, 5) is 25.6. The molecule has 25 heavy (non-hydrogen) atoms. The van der Waals surface area contributed by atoms with Gasteiger partial charge in [-0.3, -0.25) is 4.79 Å². The van der Waals surface area contributed by atoms with Gasteiger partial charge in [-0.15, -0.1) is 0 Å². The zero-order valence-corrected chi connectivity index (χ0v) is 13.6. The Hall–Kier alpha value is -3.15. The van der Waals surface area contributed by atoms with Crippen LogP contribution in [0.3, 0.4) is 0 Å². The van der Waals surface area contributed by atoms with E-state index in [0.717, 1.165) is 11.1 Å². The Balaban J connectivity index is 1.74. The minimum absolute atomic E-state index is 0.110. The highest BCUT2D eigenvalue weighted by atomic mass is 19.1. The van der Waals surface area contributed by atoms with Crippen molar-refractivity contribution >= 4 is 23.3 Å². The Morgan fingerprint density at radius 2 is 1.80 bits per heavy atom. The number of fused-ring (bicyclic) bond motifs is 1. The van der Waals surface area contributed by atoms with E-state index in [2.05, 4.69) is 17.2 Å². The second-order valence-corrected chi connectivity index (χ2v) is 5.72. The molecular weight excluding hydrogens is 321 g/mol. The number of urea groups is 1. The number of anilines is 2. The Labute approximate surface area is 145 Å². The van der Waals surface area contributed by atoms with Gasteiger partial charge in [0, 0.05) is 18.8 Å². The van der Waals surface area contributed by atoms with Crippen molar-refractivity contribution in [2.45, 2.75) is 13.0 Å². The van der Waals surface area contributed by atoms with Gasteiger partial charge in [0.1, 0.15) is 5.82 Å². The molecule has 1 aliphatic heterocycles. The molecule has 2 aromatic carbocycles. The van der Waals surface area contributed by atoms with E-state index in [0.29, 0.717) is 25.2 Å². The first kappa shape index (κ1) is 16.7. The summed E-state index contributed by atoms with van der Waals surface area (Å²) in [6.45, 7) is 4.55. The van der Waals surface area contributed by atoms with Crippen molar-refractivity contribution in [2.75, 3.05) is 17.2 Å². The highest BCUT2D eigenvalue weighted by Crippen LogP contribution is 2.26. The molecule has 128 valence electrons. The van der Waals surface area contributed by atoms with Gasteiger partial charge in [0.2, 0.25) is 5.91 Å².